The van der Waals surface area contributed by atoms with E-state index in [-0.39, 0.29) is 6.61 Å². The first kappa shape index (κ1) is 12.1. The highest BCUT2D eigenvalue weighted by molar-refractivity contribution is 7.15. The number of hydrogen-bond donors (Lipinski definition) is 1. The van der Waals surface area contributed by atoms with Gasteiger partial charge < -0.3 is 5.11 Å². The molecule has 0 unspecified atom stereocenters. The molecular formula is C16H13NOS. The van der Waals surface area contributed by atoms with Gasteiger partial charge in [0.25, 0.3) is 0 Å². The molecule has 0 aliphatic carbocycles. The molecule has 0 aliphatic rings. The Balaban J connectivity index is 1.90. The van der Waals surface area contributed by atoms with E-state index in [0.29, 0.717) is 0 Å². The van der Waals surface area contributed by atoms with Gasteiger partial charge in [0, 0.05) is 6.20 Å². The molecular weight excluding hydrogens is 254 g/mol. The molecule has 0 amide bonds. The number of thiazole rings is 1. The summed E-state index contributed by atoms with van der Waals surface area (Å²) in [6.45, 7) is 0.00671. The highest BCUT2D eigenvalue weighted by Gasteiger charge is 2.04. The molecule has 2 nitrogen and oxygen atoms in total. The molecule has 0 saturated heterocycles. The number of hydrogen-bond acceptors (Lipinski definition) is 3. The van der Waals surface area contributed by atoms with E-state index in [1.165, 1.54) is 22.5 Å². The third-order valence-electron chi connectivity index (χ3n) is 2.97. The van der Waals surface area contributed by atoms with Gasteiger partial charge in [-0.1, -0.05) is 54.6 Å². The zero-order valence-corrected chi connectivity index (χ0v) is 11.1. The van der Waals surface area contributed by atoms with E-state index in [0.717, 1.165) is 15.4 Å². The molecule has 3 rings (SSSR count). The first-order valence-electron chi connectivity index (χ1n) is 6.08. The largest absolute Gasteiger partial charge is 0.389 e. The maximum Gasteiger partial charge on any atom is 0.119 e. The molecule has 0 saturated carbocycles. The second kappa shape index (κ2) is 5.34. The second-order valence-corrected chi connectivity index (χ2v) is 5.33. The van der Waals surface area contributed by atoms with Crippen molar-refractivity contribution < 1.29 is 5.11 Å². The number of nitrogens with zero attached hydrogens (tertiary/aromatic N) is 1. The smallest absolute Gasteiger partial charge is 0.119 e. The van der Waals surface area contributed by atoms with Crippen molar-refractivity contribution >= 4 is 11.3 Å². The van der Waals surface area contributed by atoms with Crippen LogP contribution in [-0.4, -0.2) is 10.1 Å². The summed E-state index contributed by atoms with van der Waals surface area (Å²) in [5, 5.41) is 9.79. The minimum atomic E-state index is 0.00671. The number of benzene rings is 2. The summed E-state index contributed by atoms with van der Waals surface area (Å²) < 4.78 is 0. The molecule has 1 heterocycles. The minimum Gasteiger partial charge on any atom is -0.389 e. The Hall–Kier alpha value is -1.97. The monoisotopic (exact) mass is 267 g/mol. The van der Waals surface area contributed by atoms with Crippen LogP contribution in [0.15, 0.2) is 60.8 Å². The van der Waals surface area contributed by atoms with Crippen LogP contribution in [0.4, 0.5) is 0 Å². The third kappa shape index (κ3) is 2.57. The van der Waals surface area contributed by atoms with Crippen molar-refractivity contribution in [2.75, 3.05) is 0 Å². The van der Waals surface area contributed by atoms with Gasteiger partial charge in [-0.25, -0.2) is 4.98 Å². The number of aromatic nitrogens is 1. The van der Waals surface area contributed by atoms with Crippen molar-refractivity contribution in [2.45, 2.75) is 6.61 Å². The molecule has 1 aromatic heterocycles. The lowest BCUT2D eigenvalue weighted by molar-refractivity contribution is 0.281. The van der Waals surface area contributed by atoms with Crippen molar-refractivity contribution in [1.82, 2.24) is 4.98 Å². The summed E-state index contributed by atoms with van der Waals surface area (Å²) in [5.74, 6) is 0. The fourth-order valence-corrected chi connectivity index (χ4v) is 2.76. The summed E-state index contributed by atoms with van der Waals surface area (Å²) in [7, 11) is 0. The highest BCUT2D eigenvalue weighted by Crippen LogP contribution is 2.28. The Morgan fingerprint density at radius 3 is 2.11 bits per heavy atom. The molecule has 94 valence electrons. The lowest BCUT2D eigenvalue weighted by Crippen LogP contribution is -1.77. The standard InChI is InChI=1S/C16H13NOS/c18-11-16-17-10-15(19-16)14-8-6-13(7-9-14)12-4-2-1-3-5-12/h1-10,18H,11H2. The number of rotatable bonds is 3. The predicted octanol–water partition coefficient (Wildman–Crippen LogP) is 3.97. The van der Waals surface area contributed by atoms with Gasteiger partial charge in [0.05, 0.1) is 11.5 Å². The van der Waals surface area contributed by atoms with E-state index in [2.05, 4.69) is 41.4 Å². The fraction of sp³-hybridized carbons (Fsp3) is 0.0625. The van der Waals surface area contributed by atoms with Gasteiger partial charge in [-0.2, -0.15) is 0 Å². The van der Waals surface area contributed by atoms with Crippen molar-refractivity contribution in [2.24, 2.45) is 0 Å². The van der Waals surface area contributed by atoms with Crippen molar-refractivity contribution in [3.05, 3.63) is 65.8 Å². The Bertz CT molecular complexity index is 659. The summed E-state index contributed by atoms with van der Waals surface area (Å²) in [6, 6.07) is 18.7. The first-order chi connectivity index (χ1) is 9.36. The fourth-order valence-electron chi connectivity index (χ4n) is 1.97. The molecule has 0 aliphatic heterocycles. The molecule has 0 spiro atoms. The average molecular weight is 267 g/mol. The van der Waals surface area contributed by atoms with Crippen LogP contribution in [0.5, 0.6) is 0 Å². The molecule has 3 heteroatoms. The Kier molecular flexibility index (Phi) is 3.40. The molecule has 2 aromatic carbocycles. The van der Waals surface area contributed by atoms with Crippen molar-refractivity contribution in [1.29, 1.82) is 0 Å². The van der Waals surface area contributed by atoms with E-state index in [1.807, 2.05) is 24.4 Å². The number of aliphatic hydroxyl groups excluding tert-OH is 1. The summed E-state index contributed by atoms with van der Waals surface area (Å²) in [6.07, 6.45) is 1.81. The quantitative estimate of drug-likeness (QED) is 0.779. The second-order valence-electron chi connectivity index (χ2n) is 4.22. The first-order valence-corrected chi connectivity index (χ1v) is 6.90. The molecule has 3 aromatic rings. The Morgan fingerprint density at radius 2 is 1.47 bits per heavy atom. The van der Waals surface area contributed by atoms with Crippen LogP contribution >= 0.6 is 11.3 Å². The molecule has 0 radical (unpaired) electrons. The van der Waals surface area contributed by atoms with E-state index in [4.69, 9.17) is 5.11 Å². The van der Waals surface area contributed by atoms with Crippen LogP contribution in [0.3, 0.4) is 0 Å². The highest BCUT2D eigenvalue weighted by atomic mass is 32.1. The molecule has 0 atom stereocenters. The van der Waals surface area contributed by atoms with Crippen LogP contribution in [0.25, 0.3) is 21.6 Å². The Morgan fingerprint density at radius 1 is 0.842 bits per heavy atom. The maximum absolute atomic E-state index is 9.04. The van der Waals surface area contributed by atoms with Gasteiger partial charge in [0.2, 0.25) is 0 Å². The van der Waals surface area contributed by atoms with Crippen molar-refractivity contribution in [3.63, 3.8) is 0 Å². The van der Waals surface area contributed by atoms with Gasteiger partial charge in [-0.3, -0.25) is 0 Å². The van der Waals surface area contributed by atoms with Gasteiger partial charge in [0.1, 0.15) is 5.01 Å². The Labute approximate surface area is 116 Å². The van der Waals surface area contributed by atoms with Crippen LogP contribution in [0.1, 0.15) is 5.01 Å². The summed E-state index contributed by atoms with van der Waals surface area (Å²) in [4.78, 5) is 5.25. The molecule has 0 bridgehead atoms. The molecule has 0 fully saturated rings. The van der Waals surface area contributed by atoms with Crippen LogP contribution in [0, 0.1) is 0 Å². The zero-order valence-electron chi connectivity index (χ0n) is 10.3. The van der Waals surface area contributed by atoms with Crippen molar-refractivity contribution in [3.8, 4) is 21.6 Å². The summed E-state index contributed by atoms with van der Waals surface area (Å²) in [5.41, 5.74) is 3.56. The van der Waals surface area contributed by atoms with E-state index < -0.39 is 0 Å². The molecule has 1 N–H and O–H groups in total. The topological polar surface area (TPSA) is 33.1 Å². The molecule has 19 heavy (non-hydrogen) atoms. The lowest BCUT2D eigenvalue weighted by atomic mass is 10.0. The van der Waals surface area contributed by atoms with Crippen LogP contribution < -0.4 is 0 Å². The minimum absolute atomic E-state index is 0.00671. The van der Waals surface area contributed by atoms with E-state index in [1.54, 1.807) is 0 Å². The zero-order chi connectivity index (χ0) is 13.1. The van der Waals surface area contributed by atoms with Gasteiger partial charge in [-0.05, 0) is 16.7 Å². The van der Waals surface area contributed by atoms with E-state index in [9.17, 15) is 0 Å². The third-order valence-corrected chi connectivity index (χ3v) is 4.00. The van der Waals surface area contributed by atoms with Gasteiger partial charge >= 0.3 is 0 Å². The SMILES string of the molecule is OCc1ncc(-c2ccc(-c3ccccc3)cc2)s1. The lowest BCUT2D eigenvalue weighted by Gasteiger charge is -2.02. The van der Waals surface area contributed by atoms with Gasteiger partial charge in [-0.15, -0.1) is 11.3 Å². The number of aliphatic hydroxyl groups is 1. The summed E-state index contributed by atoms with van der Waals surface area (Å²) >= 11 is 1.53. The maximum atomic E-state index is 9.04. The van der Waals surface area contributed by atoms with Crippen LogP contribution in [-0.2, 0) is 6.61 Å². The predicted molar refractivity (Wildman–Crippen MR) is 78.9 cm³/mol. The normalized spacial score (nSPS) is 10.6. The average Bonchev–Trinajstić information content (AvgIpc) is 2.97. The van der Waals surface area contributed by atoms with Crippen LogP contribution in [0.2, 0.25) is 0 Å². The van der Waals surface area contributed by atoms with E-state index >= 15 is 0 Å². The van der Waals surface area contributed by atoms with Gasteiger partial charge in [0.15, 0.2) is 0 Å².